The maximum Gasteiger partial charge on any atom is 0.243 e. The Labute approximate surface area is 193 Å². The fraction of sp³-hybridized carbons (Fsp3) is 0.348. The van der Waals surface area contributed by atoms with Gasteiger partial charge in [0, 0.05) is 18.7 Å². The van der Waals surface area contributed by atoms with Crippen molar-refractivity contribution in [2.75, 3.05) is 33.4 Å². The van der Waals surface area contributed by atoms with Crippen LogP contribution in [0.4, 0.5) is 0 Å². The molecule has 0 saturated carbocycles. The maximum absolute atomic E-state index is 12.7. The van der Waals surface area contributed by atoms with Crippen LogP contribution in [0.2, 0.25) is 5.02 Å². The van der Waals surface area contributed by atoms with Crippen LogP contribution in [-0.2, 0) is 14.8 Å². The van der Waals surface area contributed by atoms with Crippen molar-refractivity contribution in [1.82, 2.24) is 4.31 Å². The molecule has 0 radical (unpaired) electrons. The Kier molecular flexibility index (Phi) is 7.95. The predicted molar refractivity (Wildman–Crippen MR) is 123 cm³/mol. The first kappa shape index (κ1) is 24.3. The number of sulfonamides is 1. The van der Waals surface area contributed by atoms with E-state index in [4.69, 9.17) is 25.8 Å². The summed E-state index contributed by atoms with van der Waals surface area (Å²) in [6.07, 6.45) is 2.95. The van der Waals surface area contributed by atoms with Crippen LogP contribution in [0.5, 0.6) is 11.5 Å². The smallest absolute Gasteiger partial charge is 0.243 e. The minimum Gasteiger partial charge on any atom is -0.493 e. The van der Waals surface area contributed by atoms with Gasteiger partial charge >= 0.3 is 0 Å². The lowest BCUT2D eigenvalue weighted by molar-refractivity contribution is 0.0730. The highest BCUT2D eigenvalue weighted by Gasteiger charge is 2.26. The molecule has 1 fully saturated rings. The first-order chi connectivity index (χ1) is 15.2. The first-order valence-electron chi connectivity index (χ1n) is 10.2. The Balaban J connectivity index is 1.75. The number of carbonyl (C=O) groups is 1. The molecule has 172 valence electrons. The van der Waals surface area contributed by atoms with Gasteiger partial charge in [-0.1, -0.05) is 17.7 Å². The van der Waals surface area contributed by atoms with Gasteiger partial charge in [0.1, 0.15) is 0 Å². The topological polar surface area (TPSA) is 82.1 Å². The summed E-state index contributed by atoms with van der Waals surface area (Å²) in [5.74, 6) is 0.651. The van der Waals surface area contributed by atoms with Gasteiger partial charge in [-0.25, -0.2) is 8.42 Å². The van der Waals surface area contributed by atoms with Crippen LogP contribution < -0.4 is 9.47 Å². The van der Waals surface area contributed by atoms with Crippen LogP contribution >= 0.6 is 11.6 Å². The highest BCUT2D eigenvalue weighted by Crippen LogP contribution is 2.37. The molecule has 0 spiro atoms. The van der Waals surface area contributed by atoms with Gasteiger partial charge in [0.25, 0.3) is 0 Å². The summed E-state index contributed by atoms with van der Waals surface area (Å²) in [6.45, 7) is 5.16. The van der Waals surface area contributed by atoms with E-state index >= 15 is 0 Å². The van der Waals surface area contributed by atoms with E-state index in [2.05, 4.69) is 0 Å². The minimum atomic E-state index is -3.60. The lowest BCUT2D eigenvalue weighted by Crippen LogP contribution is -2.40. The predicted octanol–water partition coefficient (Wildman–Crippen LogP) is 4.05. The third-order valence-corrected chi connectivity index (χ3v) is 6.97. The van der Waals surface area contributed by atoms with Crippen LogP contribution in [0.1, 0.15) is 29.8 Å². The zero-order valence-corrected chi connectivity index (χ0v) is 19.8. The van der Waals surface area contributed by atoms with Gasteiger partial charge in [-0.3, -0.25) is 4.79 Å². The average molecular weight is 480 g/mol. The zero-order chi connectivity index (χ0) is 23.3. The number of hydrogen-bond donors (Lipinski definition) is 0. The molecule has 0 unspecified atom stereocenters. The van der Waals surface area contributed by atoms with Gasteiger partial charge < -0.3 is 14.2 Å². The molecule has 1 aliphatic rings. The molecule has 0 atom stereocenters. The third kappa shape index (κ3) is 5.69. The largest absolute Gasteiger partial charge is 0.493 e. The van der Waals surface area contributed by atoms with Crippen molar-refractivity contribution in [3.8, 4) is 11.5 Å². The van der Waals surface area contributed by atoms with E-state index in [-0.39, 0.29) is 16.8 Å². The van der Waals surface area contributed by atoms with Crippen LogP contribution in [0.3, 0.4) is 0 Å². The van der Waals surface area contributed by atoms with Gasteiger partial charge in [0.15, 0.2) is 17.3 Å². The summed E-state index contributed by atoms with van der Waals surface area (Å²) in [5, 5.41) is 0.378. The van der Waals surface area contributed by atoms with Crippen LogP contribution in [0.25, 0.3) is 6.08 Å². The highest BCUT2D eigenvalue weighted by molar-refractivity contribution is 7.89. The first-order valence-corrected chi connectivity index (χ1v) is 12.0. The molecular weight excluding hydrogens is 454 g/mol. The van der Waals surface area contributed by atoms with Crippen LogP contribution in [0, 0.1) is 0 Å². The van der Waals surface area contributed by atoms with Crippen molar-refractivity contribution >= 4 is 33.5 Å². The highest BCUT2D eigenvalue weighted by atomic mass is 35.5. The van der Waals surface area contributed by atoms with E-state index in [0.717, 1.165) is 0 Å². The van der Waals surface area contributed by atoms with Crippen molar-refractivity contribution < 1.29 is 27.4 Å². The molecule has 1 heterocycles. The van der Waals surface area contributed by atoms with Crippen molar-refractivity contribution in [1.29, 1.82) is 0 Å². The number of morpholine rings is 1. The van der Waals surface area contributed by atoms with Gasteiger partial charge in [0.2, 0.25) is 10.0 Å². The van der Waals surface area contributed by atoms with E-state index in [9.17, 15) is 13.2 Å². The Morgan fingerprint density at radius 3 is 2.41 bits per heavy atom. The Morgan fingerprint density at radius 1 is 1.16 bits per heavy atom. The summed E-state index contributed by atoms with van der Waals surface area (Å²) < 4.78 is 43.0. The minimum absolute atomic E-state index is 0.0700. The lowest BCUT2D eigenvalue weighted by atomic mass is 10.1. The Bertz CT molecular complexity index is 1090. The van der Waals surface area contributed by atoms with Gasteiger partial charge in [-0.2, -0.15) is 4.31 Å². The molecule has 0 N–H and O–H groups in total. The lowest BCUT2D eigenvalue weighted by Gasteiger charge is -2.26. The fourth-order valence-electron chi connectivity index (χ4n) is 3.18. The molecule has 0 amide bonds. The molecule has 0 aliphatic carbocycles. The number of methoxy groups -OCH3 is 1. The summed E-state index contributed by atoms with van der Waals surface area (Å²) in [5.41, 5.74) is 1.04. The number of ether oxygens (including phenoxy) is 3. The van der Waals surface area contributed by atoms with E-state index in [1.54, 1.807) is 18.2 Å². The van der Waals surface area contributed by atoms with E-state index in [1.807, 2.05) is 13.8 Å². The Hall–Kier alpha value is -2.39. The molecular formula is C23H26ClNO6S. The summed E-state index contributed by atoms with van der Waals surface area (Å²) in [4.78, 5) is 12.7. The van der Waals surface area contributed by atoms with E-state index in [0.29, 0.717) is 54.0 Å². The van der Waals surface area contributed by atoms with E-state index < -0.39 is 10.0 Å². The molecule has 1 saturated heterocycles. The van der Waals surface area contributed by atoms with Crippen molar-refractivity contribution in [2.24, 2.45) is 0 Å². The van der Waals surface area contributed by atoms with Gasteiger partial charge in [-0.15, -0.1) is 0 Å². The molecule has 0 aromatic heterocycles. The van der Waals surface area contributed by atoms with Crippen molar-refractivity contribution in [2.45, 2.75) is 24.8 Å². The second kappa shape index (κ2) is 10.5. The molecule has 2 aromatic rings. The molecule has 0 bridgehead atoms. The normalized spacial score (nSPS) is 15.3. The SMILES string of the molecule is COc1cc(/C=C/C(=O)c2ccc(S(=O)(=O)N3CCOCC3)cc2)cc(Cl)c1OC(C)C. The number of carbonyl (C=O) groups excluding carboxylic acids is 1. The summed E-state index contributed by atoms with van der Waals surface area (Å²) >= 11 is 6.32. The molecule has 9 heteroatoms. The molecule has 7 nitrogen and oxygen atoms in total. The van der Waals surface area contributed by atoms with Gasteiger partial charge in [-0.05, 0) is 61.9 Å². The number of ketones is 1. The number of nitrogens with zero attached hydrogens (tertiary/aromatic N) is 1. The zero-order valence-electron chi connectivity index (χ0n) is 18.2. The van der Waals surface area contributed by atoms with Crippen molar-refractivity contribution in [3.05, 3.63) is 58.6 Å². The molecule has 1 aliphatic heterocycles. The molecule has 2 aromatic carbocycles. The second-order valence-corrected chi connectivity index (χ2v) is 9.78. The molecule has 3 rings (SSSR count). The van der Waals surface area contributed by atoms with E-state index in [1.165, 1.54) is 41.8 Å². The van der Waals surface area contributed by atoms with Gasteiger partial charge in [0.05, 0.1) is 36.3 Å². The van der Waals surface area contributed by atoms with Crippen LogP contribution in [-0.4, -0.2) is 58.0 Å². The number of halogens is 1. The number of benzene rings is 2. The van der Waals surface area contributed by atoms with Crippen LogP contribution in [0.15, 0.2) is 47.4 Å². The quantitative estimate of drug-likeness (QED) is 0.419. The number of allylic oxidation sites excluding steroid dienone is 1. The second-order valence-electron chi connectivity index (χ2n) is 7.44. The van der Waals surface area contributed by atoms with Crippen molar-refractivity contribution in [3.63, 3.8) is 0 Å². The average Bonchev–Trinajstić information content (AvgIpc) is 2.79. The maximum atomic E-state index is 12.7. The summed E-state index contributed by atoms with van der Waals surface area (Å²) in [7, 11) is -2.08. The number of hydrogen-bond acceptors (Lipinski definition) is 6. The monoisotopic (exact) mass is 479 g/mol. The Morgan fingerprint density at radius 2 is 1.81 bits per heavy atom. The number of rotatable bonds is 8. The standard InChI is InChI=1S/C23H26ClNO6S/c1-16(2)31-23-20(24)14-17(15-22(23)29-3)4-9-21(26)18-5-7-19(8-6-18)32(27,28)25-10-12-30-13-11-25/h4-9,14-16H,10-13H2,1-3H3/b9-4+. The fourth-order valence-corrected chi connectivity index (χ4v) is 4.85. The summed E-state index contributed by atoms with van der Waals surface area (Å²) in [6, 6.07) is 9.32. The third-order valence-electron chi connectivity index (χ3n) is 4.78. The molecule has 32 heavy (non-hydrogen) atoms.